The standard InChI is InChI=1S/C19H33N3O2S/c23-25(24)11-9-15(14-25)12-20-19(21-18-4-2-1-3-5-18)22-10-8-17(13-22)16-6-7-16/h15-18H,1-14H2,(H,20,21). The molecule has 1 N–H and O–H groups in total. The van der Waals surface area contributed by atoms with Crippen molar-refractivity contribution in [1.29, 1.82) is 0 Å². The number of nitrogens with one attached hydrogen (secondary N) is 1. The Balaban J connectivity index is 1.40. The van der Waals surface area contributed by atoms with E-state index in [1.807, 2.05) is 0 Å². The molecular formula is C19H33N3O2S. The third kappa shape index (κ3) is 4.69. The fourth-order valence-corrected chi connectivity index (χ4v) is 6.68. The van der Waals surface area contributed by atoms with Crippen molar-refractivity contribution < 1.29 is 8.42 Å². The quantitative estimate of drug-likeness (QED) is 0.612. The van der Waals surface area contributed by atoms with Crippen LogP contribution < -0.4 is 5.32 Å². The van der Waals surface area contributed by atoms with Crippen molar-refractivity contribution in [2.75, 3.05) is 31.1 Å². The lowest BCUT2D eigenvalue weighted by Crippen LogP contribution is -2.46. The number of rotatable bonds is 4. The van der Waals surface area contributed by atoms with Gasteiger partial charge in [0.15, 0.2) is 15.8 Å². The maximum Gasteiger partial charge on any atom is 0.194 e. The van der Waals surface area contributed by atoms with Crippen LogP contribution in [0.5, 0.6) is 0 Å². The van der Waals surface area contributed by atoms with Crippen molar-refractivity contribution >= 4 is 15.8 Å². The molecule has 4 aliphatic rings. The lowest BCUT2D eigenvalue weighted by molar-refractivity contribution is 0.380. The molecule has 4 fully saturated rings. The summed E-state index contributed by atoms with van der Waals surface area (Å²) < 4.78 is 23.4. The number of guanidine groups is 1. The van der Waals surface area contributed by atoms with Gasteiger partial charge in [0.2, 0.25) is 0 Å². The summed E-state index contributed by atoms with van der Waals surface area (Å²) in [6.45, 7) is 2.92. The fourth-order valence-electron chi connectivity index (χ4n) is 4.83. The van der Waals surface area contributed by atoms with Crippen molar-refractivity contribution in [2.24, 2.45) is 22.7 Å². The van der Waals surface area contributed by atoms with Crippen LogP contribution in [-0.4, -0.2) is 56.5 Å². The smallest absolute Gasteiger partial charge is 0.194 e. The molecule has 2 heterocycles. The van der Waals surface area contributed by atoms with Crippen molar-refractivity contribution in [3.8, 4) is 0 Å². The Bertz CT molecular complexity index is 594. The van der Waals surface area contributed by atoms with Gasteiger partial charge in [0.1, 0.15) is 0 Å². The summed E-state index contributed by atoms with van der Waals surface area (Å²) in [6, 6.07) is 0.555. The van der Waals surface area contributed by atoms with E-state index in [2.05, 4.69) is 10.2 Å². The SMILES string of the molecule is O=S1(=O)CCC(CN=C(NC2CCCCC2)N2CCC(C3CC3)C2)C1. The molecule has 25 heavy (non-hydrogen) atoms. The molecule has 0 radical (unpaired) electrons. The fraction of sp³-hybridized carbons (Fsp3) is 0.947. The first-order valence-corrected chi connectivity index (χ1v) is 12.2. The van der Waals surface area contributed by atoms with Gasteiger partial charge in [0.25, 0.3) is 0 Å². The van der Waals surface area contributed by atoms with Crippen LogP contribution in [0.1, 0.15) is 57.8 Å². The van der Waals surface area contributed by atoms with Crippen LogP contribution in [0, 0.1) is 17.8 Å². The molecule has 2 saturated carbocycles. The van der Waals surface area contributed by atoms with E-state index in [1.54, 1.807) is 0 Å². The summed E-state index contributed by atoms with van der Waals surface area (Å²) in [5.74, 6) is 3.78. The number of hydrogen-bond donors (Lipinski definition) is 1. The Hall–Kier alpha value is -0.780. The molecule has 142 valence electrons. The molecule has 4 rings (SSSR count). The van der Waals surface area contributed by atoms with E-state index in [1.165, 1.54) is 51.4 Å². The Labute approximate surface area is 152 Å². The molecule has 6 heteroatoms. The van der Waals surface area contributed by atoms with Gasteiger partial charge in [-0.05, 0) is 56.3 Å². The van der Waals surface area contributed by atoms with E-state index in [9.17, 15) is 8.42 Å². The van der Waals surface area contributed by atoms with E-state index in [4.69, 9.17) is 4.99 Å². The summed E-state index contributed by atoms with van der Waals surface area (Å²) in [6.07, 6.45) is 11.4. The van der Waals surface area contributed by atoms with Crippen LogP contribution in [0.4, 0.5) is 0 Å². The highest BCUT2D eigenvalue weighted by Gasteiger charge is 2.37. The summed E-state index contributed by atoms with van der Waals surface area (Å²) in [5, 5.41) is 3.75. The van der Waals surface area contributed by atoms with Crippen LogP contribution in [0.3, 0.4) is 0 Å². The van der Waals surface area contributed by atoms with Gasteiger partial charge >= 0.3 is 0 Å². The number of sulfone groups is 1. The average molecular weight is 368 g/mol. The lowest BCUT2D eigenvalue weighted by Gasteiger charge is -2.29. The molecule has 5 nitrogen and oxygen atoms in total. The maximum atomic E-state index is 11.7. The Morgan fingerprint density at radius 3 is 2.48 bits per heavy atom. The topological polar surface area (TPSA) is 61.8 Å². The summed E-state index contributed by atoms with van der Waals surface area (Å²) in [7, 11) is -2.80. The number of hydrogen-bond acceptors (Lipinski definition) is 3. The second-order valence-electron chi connectivity index (χ2n) is 8.74. The predicted molar refractivity (Wildman–Crippen MR) is 101 cm³/mol. The minimum absolute atomic E-state index is 0.218. The highest BCUT2D eigenvalue weighted by atomic mass is 32.2. The minimum Gasteiger partial charge on any atom is -0.354 e. The summed E-state index contributed by atoms with van der Waals surface area (Å²) in [4.78, 5) is 7.39. The molecular weight excluding hydrogens is 334 g/mol. The third-order valence-electron chi connectivity index (χ3n) is 6.58. The van der Waals surface area contributed by atoms with Gasteiger partial charge in [-0.15, -0.1) is 0 Å². The number of nitrogens with zero attached hydrogens (tertiary/aromatic N) is 2. The van der Waals surface area contributed by atoms with Crippen LogP contribution in [0.25, 0.3) is 0 Å². The zero-order valence-electron chi connectivity index (χ0n) is 15.3. The van der Waals surface area contributed by atoms with E-state index in [-0.39, 0.29) is 5.92 Å². The van der Waals surface area contributed by atoms with Gasteiger partial charge in [0.05, 0.1) is 11.5 Å². The lowest BCUT2D eigenvalue weighted by atomic mass is 9.96. The van der Waals surface area contributed by atoms with E-state index in [0.29, 0.717) is 24.1 Å². The third-order valence-corrected chi connectivity index (χ3v) is 8.41. The van der Waals surface area contributed by atoms with Crippen LogP contribution >= 0.6 is 0 Å². The molecule has 0 bridgehead atoms. The molecule has 2 saturated heterocycles. The van der Waals surface area contributed by atoms with Gasteiger partial charge in [-0.3, -0.25) is 4.99 Å². The van der Waals surface area contributed by atoms with Gasteiger partial charge in [-0.2, -0.15) is 0 Å². The molecule has 2 unspecified atom stereocenters. The van der Waals surface area contributed by atoms with Crippen LogP contribution in [-0.2, 0) is 9.84 Å². The number of aliphatic imine (C=N–C) groups is 1. The zero-order chi connectivity index (χ0) is 17.3. The molecule has 0 aromatic heterocycles. The highest BCUT2D eigenvalue weighted by Crippen LogP contribution is 2.41. The van der Waals surface area contributed by atoms with E-state index in [0.717, 1.165) is 37.3 Å². The molecule has 2 aliphatic heterocycles. The largest absolute Gasteiger partial charge is 0.354 e. The molecule has 2 atom stereocenters. The second kappa shape index (κ2) is 7.45. The molecule has 2 aliphatic carbocycles. The van der Waals surface area contributed by atoms with Gasteiger partial charge in [-0.25, -0.2) is 8.42 Å². The first-order valence-electron chi connectivity index (χ1n) is 10.4. The second-order valence-corrected chi connectivity index (χ2v) is 11.0. The maximum absolute atomic E-state index is 11.7. The van der Waals surface area contributed by atoms with E-state index >= 15 is 0 Å². The first-order chi connectivity index (χ1) is 12.1. The van der Waals surface area contributed by atoms with Crippen molar-refractivity contribution in [3.63, 3.8) is 0 Å². The van der Waals surface area contributed by atoms with Crippen molar-refractivity contribution in [2.45, 2.75) is 63.8 Å². The highest BCUT2D eigenvalue weighted by molar-refractivity contribution is 7.91. The monoisotopic (exact) mass is 367 g/mol. The minimum atomic E-state index is -2.80. The average Bonchev–Trinajstić information content (AvgIpc) is 3.23. The van der Waals surface area contributed by atoms with Gasteiger partial charge in [0, 0.05) is 25.7 Å². The molecule has 0 amide bonds. The van der Waals surface area contributed by atoms with Gasteiger partial charge in [-0.1, -0.05) is 19.3 Å². The van der Waals surface area contributed by atoms with Crippen molar-refractivity contribution in [1.82, 2.24) is 10.2 Å². The first kappa shape index (κ1) is 17.6. The summed E-state index contributed by atoms with van der Waals surface area (Å²) in [5.41, 5.74) is 0. The Morgan fingerprint density at radius 2 is 1.80 bits per heavy atom. The predicted octanol–water partition coefficient (Wildman–Crippen LogP) is 2.43. The Morgan fingerprint density at radius 1 is 1.00 bits per heavy atom. The van der Waals surface area contributed by atoms with Crippen molar-refractivity contribution in [3.05, 3.63) is 0 Å². The molecule has 0 spiro atoms. The normalized spacial score (nSPS) is 33.8. The van der Waals surface area contributed by atoms with Crippen LogP contribution in [0.2, 0.25) is 0 Å². The van der Waals surface area contributed by atoms with E-state index < -0.39 is 9.84 Å². The van der Waals surface area contributed by atoms with Gasteiger partial charge < -0.3 is 10.2 Å². The summed E-state index contributed by atoms with van der Waals surface area (Å²) >= 11 is 0. The molecule has 0 aromatic rings. The molecule has 0 aromatic carbocycles. The number of likely N-dealkylation sites (tertiary alicyclic amines) is 1. The Kier molecular flexibility index (Phi) is 5.25. The zero-order valence-corrected chi connectivity index (χ0v) is 16.1. The van der Waals surface area contributed by atoms with Crippen LogP contribution in [0.15, 0.2) is 4.99 Å².